The quantitative estimate of drug-likeness (QED) is 0.221. The molecule has 0 aromatic heterocycles. The topological polar surface area (TPSA) is 6.48 Å². The van der Waals surface area contributed by atoms with E-state index in [1.807, 2.05) is 23.5 Å². The molecule has 2 unspecified atom stereocenters. The molecule has 236 valence electrons. The standard InChI is InChI=1S/2C21H14NS.2ClH.Zr/c2*1-2-8-16-14-17(13-15(16)7-1)22-18-9-3-5-11-20(18)23-21-12-6-4-10-19(21)22;;;/h2*1-14H;2*1H;/q;;;;+2/p-2. The minimum Gasteiger partial charge on any atom is -1.00 e. The molecule has 6 aromatic rings. The second-order valence-corrected chi connectivity index (χ2v) is 18.0. The summed E-state index contributed by atoms with van der Waals surface area (Å²) in [5.74, 6) is 0. The number of halogens is 2. The zero-order chi connectivity index (χ0) is 30.9. The van der Waals surface area contributed by atoms with Crippen molar-refractivity contribution in [2.45, 2.75) is 26.8 Å². The van der Waals surface area contributed by atoms with Gasteiger partial charge in [-0.25, -0.2) is 0 Å². The van der Waals surface area contributed by atoms with Crippen molar-refractivity contribution in [2.75, 3.05) is 9.80 Å². The number of allylic oxidation sites excluding steroid dienone is 2. The zero-order valence-corrected chi connectivity index (χ0v) is 31.7. The van der Waals surface area contributed by atoms with Crippen LogP contribution in [0, 0.1) is 0 Å². The number of hydrogen-bond acceptors (Lipinski definition) is 4. The van der Waals surface area contributed by atoms with Crippen molar-refractivity contribution < 1.29 is 48.0 Å². The van der Waals surface area contributed by atoms with Crippen molar-refractivity contribution >= 4 is 58.4 Å². The fraction of sp³-hybridized carbons (Fsp3) is 0.0476. The maximum Gasteiger partial charge on any atom is -1.00 e. The zero-order valence-electron chi connectivity index (χ0n) is 26.1. The molecule has 0 spiro atoms. The Morgan fingerprint density at radius 2 is 0.694 bits per heavy atom. The molecule has 2 nitrogen and oxygen atoms in total. The third-order valence-electron chi connectivity index (χ3n) is 9.53. The van der Waals surface area contributed by atoms with Gasteiger partial charge in [0, 0.05) is 0 Å². The van der Waals surface area contributed by atoms with Crippen LogP contribution in [0.2, 0.25) is 0 Å². The Hall–Kier alpha value is -3.44. The molecule has 49 heavy (non-hydrogen) atoms. The molecule has 10 rings (SSSR count). The van der Waals surface area contributed by atoms with E-state index in [1.165, 1.54) is 76.0 Å². The van der Waals surface area contributed by atoms with Crippen LogP contribution in [0.5, 0.6) is 0 Å². The van der Waals surface area contributed by atoms with E-state index in [0.717, 1.165) is 0 Å². The van der Waals surface area contributed by atoms with Crippen LogP contribution in [0.25, 0.3) is 12.2 Å². The van der Waals surface area contributed by atoms with Gasteiger partial charge in [0.1, 0.15) is 0 Å². The summed E-state index contributed by atoms with van der Waals surface area (Å²) in [5, 5.41) is 0. The van der Waals surface area contributed by atoms with Gasteiger partial charge in [0.15, 0.2) is 0 Å². The minimum absolute atomic E-state index is 0. The summed E-state index contributed by atoms with van der Waals surface area (Å²) in [6, 6.07) is 54.1. The Morgan fingerprint density at radius 1 is 0.388 bits per heavy atom. The van der Waals surface area contributed by atoms with Crippen LogP contribution in [0.15, 0.2) is 177 Å². The Balaban J connectivity index is 0.00000174. The molecule has 0 saturated heterocycles. The van der Waals surface area contributed by atoms with Gasteiger partial charge in [0.25, 0.3) is 0 Å². The third-order valence-corrected chi connectivity index (χ3v) is 16.4. The van der Waals surface area contributed by atoms with Crippen LogP contribution >= 0.6 is 23.5 Å². The maximum absolute atomic E-state index is 2.60. The summed E-state index contributed by atoms with van der Waals surface area (Å²) < 4.78 is 0.756. The van der Waals surface area contributed by atoms with Crippen molar-refractivity contribution in [3.8, 4) is 0 Å². The van der Waals surface area contributed by atoms with Gasteiger partial charge in [-0.3, -0.25) is 0 Å². The SMILES string of the molecule is C1=C(N2c3ccccc3Sc3ccccc32)[CH]([Zr+2][CH]2C(N3c4ccccc4Sc4ccccc43)=Cc3ccccc32)c2ccccc21.[Cl-].[Cl-]. The molecule has 4 aliphatic rings. The van der Waals surface area contributed by atoms with E-state index in [4.69, 9.17) is 0 Å². The average molecular weight is 787 g/mol. The van der Waals surface area contributed by atoms with E-state index in [0.29, 0.717) is 7.25 Å². The molecule has 0 fully saturated rings. The van der Waals surface area contributed by atoms with Crippen LogP contribution in [-0.4, -0.2) is 0 Å². The van der Waals surface area contributed by atoms with Gasteiger partial charge in [-0.15, -0.1) is 0 Å². The number of fused-ring (bicyclic) bond motifs is 6. The van der Waals surface area contributed by atoms with Crippen molar-refractivity contribution in [3.63, 3.8) is 0 Å². The van der Waals surface area contributed by atoms with E-state index in [9.17, 15) is 0 Å². The minimum atomic E-state index is -1.28. The molecule has 0 bridgehead atoms. The van der Waals surface area contributed by atoms with Crippen molar-refractivity contribution in [2.24, 2.45) is 0 Å². The Kier molecular flexibility index (Phi) is 8.93. The Morgan fingerprint density at radius 3 is 1.06 bits per heavy atom. The Bertz CT molecular complexity index is 2050. The summed E-state index contributed by atoms with van der Waals surface area (Å²) in [6.07, 6.45) is 4.99. The van der Waals surface area contributed by atoms with Crippen LogP contribution in [0.1, 0.15) is 29.5 Å². The predicted molar refractivity (Wildman–Crippen MR) is 193 cm³/mol. The van der Waals surface area contributed by atoms with Crippen LogP contribution < -0.4 is 34.6 Å². The van der Waals surface area contributed by atoms with Crippen LogP contribution in [-0.2, 0) is 23.2 Å². The molecule has 0 amide bonds. The summed E-state index contributed by atoms with van der Waals surface area (Å²) in [6.45, 7) is 0. The largest absolute Gasteiger partial charge is 1.00 e. The molecule has 0 radical (unpaired) electrons. The number of rotatable bonds is 4. The van der Waals surface area contributed by atoms with Crippen molar-refractivity contribution in [3.05, 3.63) is 179 Å². The van der Waals surface area contributed by atoms with Gasteiger partial charge in [-0.05, 0) is 0 Å². The first kappa shape index (κ1) is 32.7. The molecular weight excluding hydrogens is 759 g/mol. The number of hydrogen-bond donors (Lipinski definition) is 0. The molecule has 0 saturated carbocycles. The molecule has 2 aliphatic carbocycles. The number of para-hydroxylation sites is 4. The van der Waals surface area contributed by atoms with E-state index < -0.39 is 23.2 Å². The van der Waals surface area contributed by atoms with Crippen LogP contribution in [0.4, 0.5) is 22.7 Å². The monoisotopic (exact) mass is 784 g/mol. The van der Waals surface area contributed by atoms with Crippen LogP contribution in [0.3, 0.4) is 0 Å². The fourth-order valence-electron chi connectivity index (χ4n) is 7.48. The van der Waals surface area contributed by atoms with Gasteiger partial charge >= 0.3 is 298 Å². The maximum atomic E-state index is 2.60. The smallest absolute Gasteiger partial charge is 1.00 e. The summed E-state index contributed by atoms with van der Waals surface area (Å²) in [5.41, 5.74) is 13.7. The first-order chi connectivity index (χ1) is 23.3. The summed E-state index contributed by atoms with van der Waals surface area (Å²) in [7, 11) is 0. The number of benzene rings is 6. The first-order valence-corrected chi connectivity index (χ1v) is 20.5. The number of nitrogens with zero attached hydrogens (tertiary/aromatic N) is 2. The second-order valence-electron chi connectivity index (χ2n) is 12.2. The van der Waals surface area contributed by atoms with Gasteiger partial charge < -0.3 is 24.8 Å². The second kappa shape index (κ2) is 13.4. The summed E-state index contributed by atoms with van der Waals surface area (Å²) >= 11 is 2.49. The van der Waals surface area contributed by atoms with Gasteiger partial charge in [-0.1, -0.05) is 0 Å². The molecule has 2 heterocycles. The molecule has 2 atom stereocenters. The average Bonchev–Trinajstić information content (AvgIpc) is 3.67. The third kappa shape index (κ3) is 5.37. The van der Waals surface area contributed by atoms with E-state index in [-0.39, 0.29) is 24.8 Å². The molecule has 2 aliphatic heterocycles. The van der Waals surface area contributed by atoms with E-state index in [1.54, 1.807) is 0 Å². The number of anilines is 4. The fourth-order valence-corrected chi connectivity index (χ4v) is 14.5. The normalized spacial score (nSPS) is 17.4. The van der Waals surface area contributed by atoms with E-state index >= 15 is 0 Å². The molecule has 6 aromatic carbocycles. The Labute approximate surface area is 319 Å². The first-order valence-electron chi connectivity index (χ1n) is 16.0. The molecular formula is C42H28Cl2N2S2Zr. The van der Waals surface area contributed by atoms with E-state index in [2.05, 4.69) is 168 Å². The van der Waals surface area contributed by atoms with Crippen molar-refractivity contribution in [1.29, 1.82) is 0 Å². The summed E-state index contributed by atoms with van der Waals surface area (Å²) in [4.78, 5) is 10.5. The molecule has 0 N–H and O–H groups in total. The predicted octanol–water partition coefficient (Wildman–Crippen LogP) is 5.87. The van der Waals surface area contributed by atoms with Crippen molar-refractivity contribution in [1.82, 2.24) is 0 Å². The van der Waals surface area contributed by atoms with Gasteiger partial charge in [0.2, 0.25) is 0 Å². The van der Waals surface area contributed by atoms with Gasteiger partial charge in [0.05, 0.1) is 0 Å². The molecule has 7 heteroatoms. The van der Waals surface area contributed by atoms with Gasteiger partial charge in [-0.2, -0.15) is 0 Å².